The Morgan fingerprint density at radius 1 is 1.04 bits per heavy atom. The van der Waals surface area contributed by atoms with Crippen LogP contribution in [0.3, 0.4) is 0 Å². The van der Waals surface area contributed by atoms with Gasteiger partial charge in [0.15, 0.2) is 0 Å². The largest absolute Gasteiger partial charge is 0.337 e. The first-order valence-electron chi connectivity index (χ1n) is 7.63. The summed E-state index contributed by atoms with van der Waals surface area (Å²) in [5.74, 6) is -0.992. The summed E-state index contributed by atoms with van der Waals surface area (Å²) < 4.78 is 13.9. The van der Waals surface area contributed by atoms with Crippen LogP contribution < -0.4 is 0 Å². The van der Waals surface area contributed by atoms with Crippen LogP contribution in [0.1, 0.15) is 26.5 Å². The van der Waals surface area contributed by atoms with Crippen LogP contribution in [0.5, 0.6) is 0 Å². The van der Waals surface area contributed by atoms with E-state index < -0.39 is 5.82 Å². The standard InChI is InChI=1S/C17H16ClFN2O2S/c18-12-4-5-14(19)13(11-12)16(22)20-6-2-7-21(9-8-20)17(23)15-3-1-10-24-15/h1,3-5,10-11H,2,6-9H2. The number of carbonyl (C=O) groups is 2. The predicted octanol–water partition coefficient (Wildman–Crippen LogP) is 3.53. The highest BCUT2D eigenvalue weighted by molar-refractivity contribution is 7.12. The van der Waals surface area contributed by atoms with E-state index in [1.807, 2.05) is 11.4 Å². The zero-order chi connectivity index (χ0) is 17.1. The van der Waals surface area contributed by atoms with Crippen molar-refractivity contribution in [1.82, 2.24) is 9.80 Å². The Morgan fingerprint density at radius 2 is 1.75 bits per heavy atom. The van der Waals surface area contributed by atoms with Gasteiger partial charge in [0, 0.05) is 31.2 Å². The first kappa shape index (κ1) is 16.9. The third-order valence-corrected chi connectivity index (χ3v) is 5.05. The minimum Gasteiger partial charge on any atom is -0.337 e. The Morgan fingerprint density at radius 3 is 2.42 bits per heavy atom. The molecule has 0 radical (unpaired) electrons. The van der Waals surface area contributed by atoms with Gasteiger partial charge < -0.3 is 9.80 Å². The predicted molar refractivity (Wildman–Crippen MR) is 92.2 cm³/mol. The van der Waals surface area contributed by atoms with Gasteiger partial charge in [0.25, 0.3) is 11.8 Å². The summed E-state index contributed by atoms with van der Waals surface area (Å²) in [5.41, 5.74) is -0.0273. The molecule has 0 atom stereocenters. The SMILES string of the molecule is O=C(c1cccs1)N1CCCN(C(=O)c2cc(Cl)ccc2F)CC1. The number of amides is 2. The highest BCUT2D eigenvalue weighted by Gasteiger charge is 2.25. The van der Waals surface area contributed by atoms with Gasteiger partial charge in [0.05, 0.1) is 10.4 Å². The maximum absolute atomic E-state index is 13.9. The second-order valence-electron chi connectivity index (χ2n) is 5.54. The van der Waals surface area contributed by atoms with E-state index in [1.165, 1.54) is 29.5 Å². The first-order valence-corrected chi connectivity index (χ1v) is 8.89. The third kappa shape index (κ3) is 3.60. The zero-order valence-electron chi connectivity index (χ0n) is 12.9. The number of hydrogen-bond acceptors (Lipinski definition) is 3. The lowest BCUT2D eigenvalue weighted by Gasteiger charge is -2.22. The molecule has 1 aliphatic rings. The number of hydrogen-bond donors (Lipinski definition) is 0. The van der Waals surface area contributed by atoms with Crippen molar-refractivity contribution in [2.75, 3.05) is 26.2 Å². The second-order valence-corrected chi connectivity index (χ2v) is 6.92. The van der Waals surface area contributed by atoms with Crippen molar-refractivity contribution in [3.05, 3.63) is 57.0 Å². The van der Waals surface area contributed by atoms with Gasteiger partial charge in [-0.15, -0.1) is 11.3 Å². The third-order valence-electron chi connectivity index (χ3n) is 3.96. The molecule has 0 saturated carbocycles. The molecule has 7 heteroatoms. The molecular formula is C17H16ClFN2O2S. The van der Waals surface area contributed by atoms with Crippen LogP contribution in [0.4, 0.5) is 4.39 Å². The van der Waals surface area contributed by atoms with Gasteiger partial charge in [-0.3, -0.25) is 9.59 Å². The van der Waals surface area contributed by atoms with E-state index in [1.54, 1.807) is 15.9 Å². The van der Waals surface area contributed by atoms with E-state index in [9.17, 15) is 14.0 Å². The molecule has 1 aromatic heterocycles. The molecule has 4 nitrogen and oxygen atoms in total. The smallest absolute Gasteiger partial charge is 0.263 e. The van der Waals surface area contributed by atoms with Crippen molar-refractivity contribution >= 4 is 34.8 Å². The van der Waals surface area contributed by atoms with Crippen LogP contribution in [0.25, 0.3) is 0 Å². The normalized spacial score (nSPS) is 15.2. The second kappa shape index (κ2) is 7.32. The molecular weight excluding hydrogens is 351 g/mol. The Labute approximate surface area is 148 Å². The molecule has 24 heavy (non-hydrogen) atoms. The van der Waals surface area contributed by atoms with Crippen molar-refractivity contribution in [2.24, 2.45) is 0 Å². The van der Waals surface area contributed by atoms with Gasteiger partial charge in [-0.05, 0) is 36.1 Å². The molecule has 2 amide bonds. The Balaban J connectivity index is 1.70. The molecule has 2 aromatic rings. The summed E-state index contributed by atoms with van der Waals surface area (Å²) in [7, 11) is 0. The molecule has 2 heterocycles. The lowest BCUT2D eigenvalue weighted by Crippen LogP contribution is -2.37. The van der Waals surface area contributed by atoms with E-state index in [0.717, 1.165) is 0 Å². The average molecular weight is 367 g/mol. The molecule has 0 aliphatic carbocycles. The molecule has 0 N–H and O–H groups in total. The van der Waals surface area contributed by atoms with Crippen LogP contribution in [-0.2, 0) is 0 Å². The van der Waals surface area contributed by atoms with Crippen LogP contribution in [0.15, 0.2) is 35.7 Å². The van der Waals surface area contributed by atoms with Gasteiger partial charge >= 0.3 is 0 Å². The number of carbonyl (C=O) groups excluding carboxylic acids is 2. The summed E-state index contributed by atoms with van der Waals surface area (Å²) in [6, 6.07) is 7.59. The van der Waals surface area contributed by atoms with Crippen LogP contribution >= 0.6 is 22.9 Å². The summed E-state index contributed by atoms with van der Waals surface area (Å²) >= 11 is 7.27. The molecule has 1 saturated heterocycles. The lowest BCUT2D eigenvalue weighted by atomic mass is 10.2. The summed E-state index contributed by atoms with van der Waals surface area (Å²) in [6.07, 6.45) is 0.658. The summed E-state index contributed by atoms with van der Waals surface area (Å²) in [6.45, 7) is 1.88. The number of halogens is 2. The Kier molecular flexibility index (Phi) is 5.16. The monoisotopic (exact) mass is 366 g/mol. The fourth-order valence-electron chi connectivity index (χ4n) is 2.71. The number of benzene rings is 1. The van der Waals surface area contributed by atoms with E-state index in [4.69, 9.17) is 11.6 Å². The number of rotatable bonds is 2. The van der Waals surface area contributed by atoms with Gasteiger partial charge in [-0.25, -0.2) is 4.39 Å². The van der Waals surface area contributed by atoms with E-state index in [0.29, 0.717) is 42.5 Å². The van der Waals surface area contributed by atoms with Crippen molar-refractivity contribution in [1.29, 1.82) is 0 Å². The molecule has 0 unspecified atom stereocenters. The Bertz CT molecular complexity index is 751. The topological polar surface area (TPSA) is 40.6 Å². The van der Waals surface area contributed by atoms with Crippen LogP contribution in [-0.4, -0.2) is 47.8 Å². The van der Waals surface area contributed by atoms with E-state index in [-0.39, 0.29) is 17.4 Å². The Hall–Kier alpha value is -1.92. The minimum absolute atomic E-state index is 0.0202. The molecule has 1 fully saturated rings. The highest BCUT2D eigenvalue weighted by atomic mass is 35.5. The molecule has 1 aliphatic heterocycles. The molecule has 1 aromatic carbocycles. The zero-order valence-corrected chi connectivity index (χ0v) is 14.4. The van der Waals surface area contributed by atoms with Crippen molar-refractivity contribution in [3.63, 3.8) is 0 Å². The fourth-order valence-corrected chi connectivity index (χ4v) is 3.57. The molecule has 126 valence electrons. The fraction of sp³-hybridized carbons (Fsp3) is 0.294. The van der Waals surface area contributed by atoms with Gasteiger partial charge in [0.2, 0.25) is 0 Å². The molecule has 3 rings (SSSR count). The maximum atomic E-state index is 13.9. The minimum atomic E-state index is -0.583. The summed E-state index contributed by atoms with van der Waals surface area (Å²) in [5, 5.41) is 2.19. The van der Waals surface area contributed by atoms with Crippen LogP contribution in [0.2, 0.25) is 5.02 Å². The highest BCUT2D eigenvalue weighted by Crippen LogP contribution is 2.19. The van der Waals surface area contributed by atoms with Crippen molar-refractivity contribution in [2.45, 2.75) is 6.42 Å². The van der Waals surface area contributed by atoms with Crippen molar-refractivity contribution in [3.8, 4) is 0 Å². The first-order chi connectivity index (χ1) is 11.6. The average Bonchev–Trinajstić information content (AvgIpc) is 3.00. The van der Waals surface area contributed by atoms with Crippen molar-refractivity contribution < 1.29 is 14.0 Å². The van der Waals surface area contributed by atoms with Gasteiger partial charge in [-0.1, -0.05) is 17.7 Å². The maximum Gasteiger partial charge on any atom is 0.263 e. The lowest BCUT2D eigenvalue weighted by molar-refractivity contribution is 0.0718. The number of nitrogens with zero attached hydrogens (tertiary/aromatic N) is 2. The summed E-state index contributed by atoms with van der Waals surface area (Å²) in [4.78, 5) is 29.0. The van der Waals surface area contributed by atoms with E-state index in [2.05, 4.69) is 0 Å². The van der Waals surface area contributed by atoms with Crippen LogP contribution in [0, 0.1) is 5.82 Å². The molecule has 0 spiro atoms. The number of thiophene rings is 1. The van der Waals surface area contributed by atoms with Gasteiger partial charge in [-0.2, -0.15) is 0 Å². The van der Waals surface area contributed by atoms with E-state index >= 15 is 0 Å². The molecule has 0 bridgehead atoms. The quantitative estimate of drug-likeness (QED) is 0.815. The van der Waals surface area contributed by atoms with Gasteiger partial charge in [0.1, 0.15) is 5.82 Å².